The third-order valence-corrected chi connectivity index (χ3v) is 5.64. The van der Waals surface area contributed by atoms with Gasteiger partial charge in [0.15, 0.2) is 0 Å². The summed E-state index contributed by atoms with van der Waals surface area (Å²) in [5, 5.41) is 2.94. The van der Waals surface area contributed by atoms with Gasteiger partial charge < -0.3 is 15.1 Å². The fourth-order valence-corrected chi connectivity index (χ4v) is 3.59. The Morgan fingerprint density at radius 2 is 1.75 bits per heavy atom. The van der Waals surface area contributed by atoms with Crippen molar-refractivity contribution in [1.82, 2.24) is 15.2 Å². The van der Waals surface area contributed by atoms with Crippen LogP contribution in [-0.4, -0.2) is 53.9 Å². The number of rotatable bonds is 4. The Balaban J connectivity index is 1.41. The summed E-state index contributed by atoms with van der Waals surface area (Å²) in [6.45, 7) is 7.18. The van der Waals surface area contributed by atoms with Crippen molar-refractivity contribution in [2.24, 2.45) is 0 Å². The van der Waals surface area contributed by atoms with Gasteiger partial charge in [-0.1, -0.05) is 12.1 Å². The minimum Gasteiger partial charge on any atom is -0.368 e. The van der Waals surface area contributed by atoms with E-state index in [-0.39, 0.29) is 17.9 Å². The second-order valence-corrected chi connectivity index (χ2v) is 7.71. The fraction of sp³-hybridized carbons (Fsp3) is 0.409. The lowest BCUT2D eigenvalue weighted by atomic mass is 10.1. The Labute approximate surface area is 165 Å². The van der Waals surface area contributed by atoms with Gasteiger partial charge in [-0.2, -0.15) is 0 Å². The van der Waals surface area contributed by atoms with Crippen LogP contribution in [0, 0.1) is 13.8 Å². The van der Waals surface area contributed by atoms with Crippen molar-refractivity contribution in [2.45, 2.75) is 32.7 Å². The predicted molar refractivity (Wildman–Crippen MR) is 109 cm³/mol. The number of amides is 2. The molecule has 2 aliphatic rings. The van der Waals surface area contributed by atoms with Gasteiger partial charge in [-0.3, -0.25) is 14.6 Å². The molecule has 1 saturated carbocycles. The summed E-state index contributed by atoms with van der Waals surface area (Å²) in [5.74, 6) is -0.210. The molecule has 0 bridgehead atoms. The zero-order valence-corrected chi connectivity index (χ0v) is 16.4. The average Bonchev–Trinajstić information content (AvgIpc) is 3.54. The van der Waals surface area contributed by atoms with Crippen LogP contribution in [-0.2, 0) is 0 Å². The van der Waals surface area contributed by atoms with Crippen LogP contribution in [0.15, 0.2) is 36.7 Å². The SMILES string of the molecule is Cc1cccc(N2CCN(C(=O)c3cncc(C(=O)NC4CC4)c3)CC2)c1C. The molecule has 6 heteroatoms. The fourth-order valence-electron chi connectivity index (χ4n) is 3.59. The number of nitrogens with one attached hydrogen (secondary N) is 1. The van der Waals surface area contributed by atoms with Crippen LogP contribution in [0.1, 0.15) is 44.7 Å². The van der Waals surface area contributed by atoms with E-state index < -0.39 is 0 Å². The quantitative estimate of drug-likeness (QED) is 0.888. The highest BCUT2D eigenvalue weighted by Gasteiger charge is 2.26. The Hall–Kier alpha value is -2.89. The summed E-state index contributed by atoms with van der Waals surface area (Å²) >= 11 is 0. The molecule has 2 fully saturated rings. The molecule has 28 heavy (non-hydrogen) atoms. The average molecular weight is 378 g/mol. The van der Waals surface area contributed by atoms with Crippen molar-refractivity contribution in [1.29, 1.82) is 0 Å². The van der Waals surface area contributed by atoms with Gasteiger partial charge in [0.1, 0.15) is 0 Å². The molecule has 1 aliphatic heterocycles. The normalized spacial score (nSPS) is 16.8. The molecular weight excluding hydrogens is 352 g/mol. The van der Waals surface area contributed by atoms with Crippen LogP contribution < -0.4 is 10.2 Å². The van der Waals surface area contributed by atoms with Gasteiger partial charge in [0.05, 0.1) is 11.1 Å². The van der Waals surface area contributed by atoms with E-state index in [1.165, 1.54) is 23.0 Å². The molecule has 4 rings (SSSR count). The number of carbonyl (C=O) groups excluding carboxylic acids is 2. The summed E-state index contributed by atoms with van der Waals surface area (Å²) in [6.07, 6.45) is 5.13. The lowest BCUT2D eigenvalue weighted by Gasteiger charge is -2.37. The van der Waals surface area contributed by atoms with E-state index in [0.717, 1.165) is 25.9 Å². The lowest BCUT2D eigenvalue weighted by Crippen LogP contribution is -2.49. The molecule has 6 nitrogen and oxygen atoms in total. The molecule has 2 aromatic rings. The molecule has 1 aromatic heterocycles. The third kappa shape index (κ3) is 3.86. The number of piperazine rings is 1. The van der Waals surface area contributed by atoms with Gasteiger partial charge in [-0.15, -0.1) is 0 Å². The minimum atomic E-state index is -0.149. The summed E-state index contributed by atoms with van der Waals surface area (Å²) < 4.78 is 0. The molecule has 1 N–H and O–H groups in total. The maximum absolute atomic E-state index is 12.9. The molecule has 0 radical (unpaired) electrons. The lowest BCUT2D eigenvalue weighted by molar-refractivity contribution is 0.0746. The largest absolute Gasteiger partial charge is 0.368 e. The van der Waals surface area contributed by atoms with E-state index in [4.69, 9.17) is 0 Å². The summed E-state index contributed by atoms with van der Waals surface area (Å²) in [4.78, 5) is 33.4. The van der Waals surface area contributed by atoms with E-state index >= 15 is 0 Å². The van der Waals surface area contributed by atoms with E-state index in [2.05, 4.69) is 47.2 Å². The highest BCUT2D eigenvalue weighted by atomic mass is 16.2. The smallest absolute Gasteiger partial charge is 0.255 e. The Morgan fingerprint density at radius 3 is 2.46 bits per heavy atom. The Bertz CT molecular complexity index is 899. The minimum absolute atomic E-state index is 0.0609. The van der Waals surface area contributed by atoms with Crippen LogP contribution in [0.25, 0.3) is 0 Å². The van der Waals surface area contributed by atoms with E-state index in [1.54, 1.807) is 12.3 Å². The van der Waals surface area contributed by atoms with Crippen molar-refractivity contribution >= 4 is 17.5 Å². The first-order valence-electron chi connectivity index (χ1n) is 9.89. The number of carbonyl (C=O) groups is 2. The Kier molecular flexibility index (Phi) is 5.03. The van der Waals surface area contributed by atoms with Crippen LogP contribution >= 0.6 is 0 Å². The van der Waals surface area contributed by atoms with E-state index in [1.807, 2.05) is 4.90 Å². The number of aryl methyl sites for hydroxylation is 1. The second kappa shape index (κ2) is 7.62. The molecule has 0 atom stereocenters. The monoisotopic (exact) mass is 378 g/mol. The number of pyridine rings is 1. The molecule has 1 saturated heterocycles. The first-order valence-corrected chi connectivity index (χ1v) is 9.89. The standard InChI is InChI=1S/C22H26N4O2/c1-15-4-3-5-20(16(15)2)25-8-10-26(11-9-25)22(28)18-12-17(13-23-14-18)21(27)24-19-6-7-19/h3-5,12-14,19H,6-11H2,1-2H3,(H,24,27). The number of hydrogen-bond donors (Lipinski definition) is 1. The number of aromatic nitrogens is 1. The number of nitrogens with zero attached hydrogens (tertiary/aromatic N) is 3. The van der Waals surface area contributed by atoms with E-state index in [9.17, 15) is 9.59 Å². The summed E-state index contributed by atoms with van der Waals surface area (Å²) in [5.41, 5.74) is 4.74. The van der Waals surface area contributed by atoms with Gasteiger partial charge in [0, 0.05) is 50.3 Å². The summed E-state index contributed by atoms with van der Waals surface area (Å²) in [6, 6.07) is 8.29. The molecule has 1 aliphatic carbocycles. The molecule has 2 amide bonds. The number of benzene rings is 1. The second-order valence-electron chi connectivity index (χ2n) is 7.71. The molecule has 146 valence electrons. The van der Waals surface area contributed by atoms with Crippen LogP contribution in [0.4, 0.5) is 5.69 Å². The zero-order valence-electron chi connectivity index (χ0n) is 16.4. The highest BCUT2D eigenvalue weighted by molar-refractivity contribution is 5.99. The van der Waals surface area contributed by atoms with Crippen molar-refractivity contribution in [3.05, 3.63) is 58.9 Å². The van der Waals surface area contributed by atoms with Crippen molar-refractivity contribution in [3.63, 3.8) is 0 Å². The molecule has 2 heterocycles. The third-order valence-electron chi connectivity index (χ3n) is 5.64. The molecule has 0 spiro atoms. The van der Waals surface area contributed by atoms with Gasteiger partial charge in [0.2, 0.25) is 0 Å². The van der Waals surface area contributed by atoms with Gasteiger partial charge >= 0.3 is 0 Å². The highest BCUT2D eigenvalue weighted by Crippen LogP contribution is 2.24. The van der Waals surface area contributed by atoms with E-state index in [0.29, 0.717) is 24.2 Å². The van der Waals surface area contributed by atoms with Crippen molar-refractivity contribution < 1.29 is 9.59 Å². The maximum atomic E-state index is 12.9. The summed E-state index contributed by atoms with van der Waals surface area (Å²) in [7, 11) is 0. The number of anilines is 1. The van der Waals surface area contributed by atoms with Crippen molar-refractivity contribution in [3.8, 4) is 0 Å². The topological polar surface area (TPSA) is 65.5 Å². The van der Waals surface area contributed by atoms with Gasteiger partial charge in [-0.05, 0) is 49.9 Å². The molecule has 0 unspecified atom stereocenters. The van der Waals surface area contributed by atoms with Crippen LogP contribution in [0.5, 0.6) is 0 Å². The van der Waals surface area contributed by atoms with Crippen LogP contribution in [0.2, 0.25) is 0 Å². The number of hydrogen-bond acceptors (Lipinski definition) is 4. The maximum Gasteiger partial charge on any atom is 0.255 e. The van der Waals surface area contributed by atoms with Crippen LogP contribution in [0.3, 0.4) is 0 Å². The zero-order chi connectivity index (χ0) is 19.7. The Morgan fingerprint density at radius 1 is 1.04 bits per heavy atom. The first kappa shape index (κ1) is 18.5. The predicted octanol–water partition coefficient (Wildman–Crippen LogP) is 2.55. The molecular formula is C22H26N4O2. The first-order chi connectivity index (χ1) is 13.5. The van der Waals surface area contributed by atoms with Gasteiger partial charge in [-0.25, -0.2) is 0 Å². The van der Waals surface area contributed by atoms with Gasteiger partial charge in [0.25, 0.3) is 11.8 Å². The molecule has 1 aromatic carbocycles. The van der Waals surface area contributed by atoms with Crippen molar-refractivity contribution in [2.75, 3.05) is 31.1 Å².